The number of amides is 1. The minimum Gasteiger partial charge on any atom is -0.449 e. The van der Waals surface area contributed by atoms with Crippen LogP contribution >= 0.6 is 24.4 Å². The lowest BCUT2D eigenvalue weighted by Gasteiger charge is -2.29. The maximum atomic E-state index is 15.1. The van der Waals surface area contributed by atoms with Crippen molar-refractivity contribution in [3.8, 4) is 6.07 Å². The summed E-state index contributed by atoms with van der Waals surface area (Å²) < 4.78 is 38.8. The molecule has 6 aromatic rings. The van der Waals surface area contributed by atoms with Crippen molar-refractivity contribution in [2.45, 2.75) is 91.1 Å². The molecule has 2 aromatic carbocycles. The summed E-state index contributed by atoms with van der Waals surface area (Å²) in [5.41, 5.74) is 2.93. The first-order valence-electron chi connectivity index (χ1n) is 20.5. The first kappa shape index (κ1) is 49.5. The number of aryl methyl sites for hydroxylation is 4. The number of thiocarbonyl (C=S) groups is 2. The SMILES string of the molecule is CC(C)(C#N)Nc1ccc(CCCc2ncco2)nc1.[C-]#[N+]c1ccc(N2C(=O)C(C)(C)N(c3ccc(CCCc4ncco4)nc3)C2=S)c(F)c1C.[C-]#[N+]c1ccc(N=C=S)c(F)c1C. The van der Waals surface area contributed by atoms with E-state index in [1.165, 1.54) is 43.0 Å². The van der Waals surface area contributed by atoms with Gasteiger partial charge in [-0.25, -0.2) is 28.4 Å². The first-order chi connectivity index (χ1) is 31.5. The van der Waals surface area contributed by atoms with E-state index in [2.05, 4.69) is 63.4 Å². The Morgan fingerprint density at radius 1 is 0.833 bits per heavy atom. The number of halogens is 2. The van der Waals surface area contributed by atoms with Crippen LogP contribution in [0.15, 0.2) is 99.7 Å². The van der Waals surface area contributed by atoms with Gasteiger partial charge in [-0.3, -0.25) is 19.7 Å². The molecule has 5 heterocycles. The Kier molecular flexibility index (Phi) is 16.8. The Bertz CT molecular complexity index is 2830. The van der Waals surface area contributed by atoms with Crippen LogP contribution in [0, 0.1) is 50.0 Å². The Hall–Kier alpha value is -7.55. The van der Waals surface area contributed by atoms with Gasteiger partial charge < -0.3 is 19.1 Å². The number of nitrogens with zero attached hydrogens (tertiary/aromatic N) is 10. The van der Waals surface area contributed by atoms with Gasteiger partial charge >= 0.3 is 0 Å². The van der Waals surface area contributed by atoms with Gasteiger partial charge in [0.15, 0.2) is 28.3 Å². The van der Waals surface area contributed by atoms with Crippen molar-refractivity contribution in [1.82, 2.24) is 19.9 Å². The van der Waals surface area contributed by atoms with Gasteiger partial charge in [-0.2, -0.15) is 10.3 Å². The van der Waals surface area contributed by atoms with Crippen molar-refractivity contribution in [3.63, 3.8) is 0 Å². The molecule has 0 atom stereocenters. The third kappa shape index (κ3) is 12.2. The third-order valence-electron chi connectivity index (χ3n) is 10.2. The number of benzene rings is 2. The first-order valence-corrected chi connectivity index (χ1v) is 21.3. The fourth-order valence-corrected chi connectivity index (χ4v) is 7.25. The number of hydrogen-bond acceptors (Lipinski definition) is 12. The van der Waals surface area contributed by atoms with Crippen molar-refractivity contribution in [1.29, 1.82) is 5.26 Å². The van der Waals surface area contributed by atoms with Crippen molar-refractivity contribution < 1.29 is 22.4 Å². The molecule has 1 fully saturated rings. The van der Waals surface area contributed by atoms with Crippen LogP contribution in [0.3, 0.4) is 0 Å². The summed E-state index contributed by atoms with van der Waals surface area (Å²) >= 11 is 9.98. The van der Waals surface area contributed by atoms with Gasteiger partial charge in [-0.1, -0.05) is 12.1 Å². The van der Waals surface area contributed by atoms with Crippen LogP contribution in [-0.4, -0.2) is 47.2 Å². The van der Waals surface area contributed by atoms with Gasteiger partial charge in [0.1, 0.15) is 40.9 Å². The minimum atomic E-state index is -1.04. The lowest BCUT2D eigenvalue weighted by Crippen LogP contribution is -2.44. The van der Waals surface area contributed by atoms with E-state index in [-0.39, 0.29) is 33.6 Å². The topological polar surface area (TPSA) is 158 Å². The van der Waals surface area contributed by atoms with Gasteiger partial charge in [0.2, 0.25) is 0 Å². The molecule has 4 aromatic heterocycles. The summed E-state index contributed by atoms with van der Waals surface area (Å²) in [6.45, 7) is 24.1. The van der Waals surface area contributed by atoms with Gasteiger partial charge in [0.25, 0.3) is 5.91 Å². The molecule has 0 spiro atoms. The molecule has 0 aliphatic carbocycles. The van der Waals surface area contributed by atoms with Gasteiger partial charge in [0, 0.05) is 24.2 Å². The number of hydrogen-bond donors (Lipinski definition) is 1. The van der Waals surface area contributed by atoms with Crippen LogP contribution in [-0.2, 0) is 30.5 Å². The predicted octanol–water partition coefficient (Wildman–Crippen LogP) is 11.5. The third-order valence-corrected chi connectivity index (χ3v) is 10.7. The van der Waals surface area contributed by atoms with E-state index in [1.807, 2.05) is 38.1 Å². The summed E-state index contributed by atoms with van der Waals surface area (Å²) in [6.07, 6.45) is 14.8. The number of carbonyl (C=O) groups is 1. The van der Waals surface area contributed by atoms with Gasteiger partial charge in [-0.05, 0) is 139 Å². The molecule has 14 nitrogen and oxygen atoms in total. The Morgan fingerprint density at radius 2 is 1.39 bits per heavy atom. The van der Waals surface area contributed by atoms with Crippen LogP contribution in [0.25, 0.3) is 9.69 Å². The lowest BCUT2D eigenvalue weighted by atomic mass is 10.0. The van der Waals surface area contributed by atoms with E-state index in [0.717, 1.165) is 61.5 Å². The fourth-order valence-electron chi connectivity index (χ4n) is 6.64. The molecule has 1 N–H and O–H groups in total. The number of anilines is 3. The lowest BCUT2D eigenvalue weighted by molar-refractivity contribution is -0.120. The zero-order valence-corrected chi connectivity index (χ0v) is 38.7. The minimum absolute atomic E-state index is 0.0431. The Morgan fingerprint density at radius 3 is 1.88 bits per heavy atom. The molecule has 1 amide bonds. The van der Waals surface area contributed by atoms with E-state index < -0.39 is 22.7 Å². The molecule has 0 radical (unpaired) electrons. The number of rotatable bonds is 13. The van der Waals surface area contributed by atoms with Crippen molar-refractivity contribution >= 4 is 74.7 Å². The summed E-state index contributed by atoms with van der Waals surface area (Å²) in [7, 11) is 0. The monoisotopic (exact) mass is 925 g/mol. The molecular formula is C48H45F2N11O3S2. The van der Waals surface area contributed by atoms with Crippen LogP contribution in [0.1, 0.15) is 74.8 Å². The molecule has 1 aliphatic heterocycles. The summed E-state index contributed by atoms with van der Waals surface area (Å²) in [5.74, 6) is -0.0287. The highest BCUT2D eigenvalue weighted by molar-refractivity contribution is 7.81. The molecule has 1 aliphatic rings. The van der Waals surface area contributed by atoms with Crippen LogP contribution in [0.2, 0.25) is 0 Å². The fraction of sp³-hybridized carbons (Fsp3) is 0.292. The largest absolute Gasteiger partial charge is 0.449 e. The molecule has 18 heteroatoms. The quantitative estimate of drug-likeness (QED) is 0.0665. The number of oxazole rings is 2. The zero-order chi connectivity index (χ0) is 48.0. The summed E-state index contributed by atoms with van der Waals surface area (Å²) in [6, 6.07) is 15.7. The zero-order valence-electron chi connectivity index (χ0n) is 37.1. The van der Waals surface area contributed by atoms with Crippen molar-refractivity contribution in [2.75, 3.05) is 15.1 Å². The van der Waals surface area contributed by atoms with Crippen molar-refractivity contribution in [3.05, 3.63) is 155 Å². The number of isothiocyanates is 1. The van der Waals surface area contributed by atoms with E-state index in [0.29, 0.717) is 22.8 Å². The molecule has 336 valence electrons. The number of nitrogens with one attached hydrogen (secondary N) is 1. The molecule has 0 saturated carbocycles. The van der Waals surface area contributed by atoms with E-state index in [1.54, 1.807) is 56.1 Å². The average Bonchev–Trinajstić information content (AvgIpc) is 4.07. The Balaban J connectivity index is 0.000000209. The van der Waals surface area contributed by atoms with Crippen molar-refractivity contribution in [2.24, 2.45) is 4.99 Å². The smallest absolute Gasteiger partial charge is 0.259 e. The standard InChI is InChI=1S/C24H22FN5O2S.C15H18N4O.C9H5FN2S/c1-15-18(26-4)10-11-19(21(15)25)29-22(31)24(2,3)30(23(29)33)17-9-8-16(28-14-17)6-5-7-20-27-12-13-32-20;1-15(2,11-16)19-13-7-6-12(18-10-13)4-3-5-14-17-8-9-20-14;1-6-7(11-2)3-4-8(9(6)10)12-5-13/h8-14H,5-7H2,1-3H3;6-10,19H,3-5H2,1-2H3;3-4H,1H3. The second kappa shape index (κ2) is 22.4. The second-order valence-electron chi connectivity index (χ2n) is 15.8. The maximum Gasteiger partial charge on any atom is 0.259 e. The highest BCUT2D eigenvalue weighted by Crippen LogP contribution is 2.39. The number of pyridine rings is 2. The molecule has 7 rings (SSSR count). The van der Waals surface area contributed by atoms with Gasteiger partial charge in [-0.15, -0.1) is 0 Å². The predicted molar refractivity (Wildman–Crippen MR) is 255 cm³/mol. The number of aliphatic imine (C=N–C) groups is 1. The summed E-state index contributed by atoms with van der Waals surface area (Å²) in [4.78, 5) is 43.3. The van der Waals surface area contributed by atoms with Gasteiger partial charge in [0.05, 0.1) is 66.2 Å². The van der Waals surface area contributed by atoms with E-state index in [4.69, 9.17) is 39.5 Å². The molecule has 0 unspecified atom stereocenters. The number of nitriles is 1. The number of carbonyl (C=O) groups excluding carboxylic acids is 1. The van der Waals surface area contributed by atoms with Crippen LogP contribution in [0.4, 0.5) is 42.9 Å². The molecule has 0 bridgehead atoms. The highest BCUT2D eigenvalue weighted by atomic mass is 32.1. The summed E-state index contributed by atoms with van der Waals surface area (Å²) in [5, 5.41) is 14.3. The molecule has 1 saturated heterocycles. The normalized spacial score (nSPS) is 12.7. The van der Waals surface area contributed by atoms with Crippen LogP contribution < -0.4 is 15.1 Å². The molecular weight excluding hydrogens is 881 g/mol. The average molecular weight is 926 g/mol. The molecule has 66 heavy (non-hydrogen) atoms. The van der Waals surface area contributed by atoms with E-state index >= 15 is 4.39 Å². The van der Waals surface area contributed by atoms with Crippen LogP contribution in [0.5, 0.6) is 0 Å². The Labute approximate surface area is 392 Å². The highest BCUT2D eigenvalue weighted by Gasteiger charge is 2.51. The maximum absolute atomic E-state index is 15.1. The van der Waals surface area contributed by atoms with E-state index in [9.17, 15) is 9.18 Å². The number of aromatic nitrogens is 4. The second-order valence-corrected chi connectivity index (χ2v) is 16.3.